The van der Waals surface area contributed by atoms with E-state index in [1.807, 2.05) is 5.32 Å². The maximum Gasteiger partial charge on any atom is 0.417 e. The number of hydrogen-bond acceptors (Lipinski definition) is 2. The van der Waals surface area contributed by atoms with Gasteiger partial charge in [0.1, 0.15) is 6.67 Å². The molecule has 2 atom stereocenters. The summed E-state index contributed by atoms with van der Waals surface area (Å²) in [5, 5.41) is 3.50. The monoisotopic (exact) mass is 544 g/mol. The molecular weight excluding hydrogens is 526 g/mol. The first-order chi connectivity index (χ1) is 16.9. The van der Waals surface area contributed by atoms with Gasteiger partial charge in [-0.05, 0) is 48.4 Å². The molecule has 2 aromatic rings. The van der Waals surface area contributed by atoms with Crippen LogP contribution in [0, 0.1) is 0 Å². The lowest BCUT2D eigenvalue weighted by atomic mass is 10.0. The van der Waals surface area contributed by atoms with Crippen molar-refractivity contribution in [1.82, 2.24) is 10.6 Å². The average molecular weight is 544 g/mol. The number of benzene rings is 2. The molecular formula is C23H18F10N2O2. The number of rotatable bonds is 7. The van der Waals surface area contributed by atoms with E-state index in [2.05, 4.69) is 0 Å². The predicted molar refractivity (Wildman–Crippen MR) is 112 cm³/mol. The Morgan fingerprint density at radius 3 is 2.08 bits per heavy atom. The number of carbonyl (C=O) groups is 2. The number of halogens is 10. The standard InChI is InChI=1S/C23H18F10N2O2/c1-12(11-24)34-20(37)16-7-5-13(9-17(16)22(28,29)30)6-8-18(36)35-19(23(31,32)33)14-3-2-4-15(10-14)21(25,26)27/h2-10,12,19H,11H2,1H3,(H,34,37)(H,35,36). The van der Waals surface area contributed by atoms with Gasteiger partial charge in [-0.25, -0.2) is 4.39 Å². The summed E-state index contributed by atoms with van der Waals surface area (Å²) >= 11 is 0. The smallest absolute Gasteiger partial charge is 0.347 e. The lowest BCUT2D eigenvalue weighted by molar-refractivity contribution is -0.162. The van der Waals surface area contributed by atoms with Gasteiger partial charge in [0.05, 0.1) is 22.7 Å². The zero-order valence-electron chi connectivity index (χ0n) is 18.7. The van der Waals surface area contributed by atoms with Crippen LogP contribution in [0.4, 0.5) is 43.9 Å². The summed E-state index contributed by atoms with van der Waals surface area (Å²) in [7, 11) is 0. The number of carbonyl (C=O) groups excluding carboxylic acids is 2. The molecule has 4 nitrogen and oxygen atoms in total. The van der Waals surface area contributed by atoms with Crippen LogP contribution in [0.15, 0.2) is 48.5 Å². The number of amides is 2. The van der Waals surface area contributed by atoms with E-state index < -0.39 is 71.4 Å². The zero-order chi connectivity index (χ0) is 28.2. The lowest BCUT2D eigenvalue weighted by Crippen LogP contribution is -2.37. The summed E-state index contributed by atoms with van der Waals surface area (Å²) in [5.41, 5.74) is -4.93. The van der Waals surface area contributed by atoms with Crippen molar-refractivity contribution in [3.05, 3.63) is 76.4 Å². The largest absolute Gasteiger partial charge is 0.417 e. The average Bonchev–Trinajstić information content (AvgIpc) is 2.79. The third kappa shape index (κ3) is 8.22. The predicted octanol–water partition coefficient (Wildman–Crippen LogP) is 6.25. The van der Waals surface area contributed by atoms with Gasteiger partial charge < -0.3 is 10.6 Å². The molecule has 0 aromatic heterocycles. The highest BCUT2D eigenvalue weighted by molar-refractivity contribution is 5.97. The van der Waals surface area contributed by atoms with Crippen LogP contribution in [0.5, 0.6) is 0 Å². The summed E-state index contributed by atoms with van der Waals surface area (Å²) in [5.74, 6) is -2.69. The molecule has 14 heteroatoms. The summed E-state index contributed by atoms with van der Waals surface area (Å²) in [4.78, 5) is 24.2. The van der Waals surface area contributed by atoms with Gasteiger partial charge in [0.15, 0.2) is 6.04 Å². The molecule has 2 aromatic carbocycles. The molecule has 202 valence electrons. The van der Waals surface area contributed by atoms with Gasteiger partial charge in [0.25, 0.3) is 5.91 Å². The molecule has 0 spiro atoms. The van der Waals surface area contributed by atoms with Crippen LogP contribution >= 0.6 is 0 Å². The molecule has 0 saturated heterocycles. The Morgan fingerprint density at radius 1 is 0.892 bits per heavy atom. The lowest BCUT2D eigenvalue weighted by Gasteiger charge is -2.22. The first-order valence-corrected chi connectivity index (χ1v) is 10.2. The Morgan fingerprint density at radius 2 is 1.54 bits per heavy atom. The highest BCUT2D eigenvalue weighted by Gasteiger charge is 2.43. The Kier molecular flexibility index (Phi) is 8.99. The fourth-order valence-electron chi connectivity index (χ4n) is 3.05. The zero-order valence-corrected chi connectivity index (χ0v) is 18.7. The normalized spacial score (nSPS) is 14.4. The molecule has 0 saturated carbocycles. The Bertz CT molecular complexity index is 1150. The Balaban J connectivity index is 2.31. The van der Waals surface area contributed by atoms with Crippen LogP contribution in [0.25, 0.3) is 6.08 Å². The molecule has 0 aliphatic carbocycles. The number of alkyl halides is 10. The molecule has 2 rings (SSSR count). The fourth-order valence-corrected chi connectivity index (χ4v) is 3.05. The first kappa shape index (κ1) is 29.6. The Labute approximate surface area is 203 Å². The minimum absolute atomic E-state index is 0.214. The van der Waals surface area contributed by atoms with Crippen molar-refractivity contribution in [2.75, 3.05) is 6.67 Å². The molecule has 2 N–H and O–H groups in total. The summed E-state index contributed by atoms with van der Waals surface area (Å²) < 4.78 is 132. The topological polar surface area (TPSA) is 58.2 Å². The molecule has 2 amide bonds. The minimum atomic E-state index is -5.21. The highest BCUT2D eigenvalue weighted by atomic mass is 19.4. The van der Waals surface area contributed by atoms with Gasteiger partial charge in [-0.15, -0.1) is 0 Å². The van der Waals surface area contributed by atoms with Gasteiger partial charge in [0.2, 0.25) is 5.91 Å². The van der Waals surface area contributed by atoms with E-state index in [9.17, 15) is 53.5 Å². The van der Waals surface area contributed by atoms with Crippen LogP contribution < -0.4 is 10.6 Å². The number of hydrogen-bond donors (Lipinski definition) is 2. The molecule has 0 aliphatic heterocycles. The van der Waals surface area contributed by atoms with Crippen molar-refractivity contribution in [2.45, 2.75) is 37.5 Å². The van der Waals surface area contributed by atoms with Gasteiger partial charge in [-0.1, -0.05) is 18.2 Å². The minimum Gasteiger partial charge on any atom is -0.347 e. The van der Waals surface area contributed by atoms with Crippen LogP contribution in [-0.2, 0) is 17.1 Å². The van der Waals surface area contributed by atoms with Crippen LogP contribution in [-0.4, -0.2) is 30.7 Å². The van der Waals surface area contributed by atoms with Crippen molar-refractivity contribution in [3.63, 3.8) is 0 Å². The molecule has 0 fully saturated rings. The van der Waals surface area contributed by atoms with Gasteiger partial charge in [-0.3, -0.25) is 9.59 Å². The first-order valence-electron chi connectivity index (χ1n) is 10.2. The highest BCUT2D eigenvalue weighted by Crippen LogP contribution is 2.36. The third-order valence-electron chi connectivity index (χ3n) is 4.79. The molecule has 0 bridgehead atoms. The van der Waals surface area contributed by atoms with E-state index in [1.165, 1.54) is 12.2 Å². The van der Waals surface area contributed by atoms with Gasteiger partial charge in [-0.2, -0.15) is 39.5 Å². The third-order valence-corrected chi connectivity index (χ3v) is 4.79. The summed E-state index contributed by atoms with van der Waals surface area (Å²) in [6, 6.07) is 0.433. The van der Waals surface area contributed by atoms with E-state index in [-0.39, 0.29) is 11.6 Å². The van der Waals surface area contributed by atoms with Gasteiger partial charge in [0, 0.05) is 6.08 Å². The molecule has 0 aliphatic rings. The second-order valence-corrected chi connectivity index (χ2v) is 7.77. The fraction of sp³-hybridized carbons (Fsp3) is 0.304. The van der Waals surface area contributed by atoms with E-state index in [0.29, 0.717) is 18.2 Å². The molecule has 0 radical (unpaired) electrons. The van der Waals surface area contributed by atoms with Crippen molar-refractivity contribution >= 4 is 17.9 Å². The number of nitrogens with one attached hydrogen (secondary N) is 2. The molecule has 37 heavy (non-hydrogen) atoms. The quantitative estimate of drug-likeness (QED) is 0.320. The molecule has 0 heterocycles. The van der Waals surface area contributed by atoms with Crippen LogP contribution in [0.1, 0.15) is 45.6 Å². The van der Waals surface area contributed by atoms with E-state index >= 15 is 0 Å². The van der Waals surface area contributed by atoms with Crippen molar-refractivity contribution < 1.29 is 53.5 Å². The molecule has 2 unspecified atom stereocenters. The second-order valence-electron chi connectivity index (χ2n) is 7.77. The van der Waals surface area contributed by atoms with E-state index in [1.54, 1.807) is 0 Å². The maximum atomic E-state index is 13.5. The second kappa shape index (κ2) is 11.2. The van der Waals surface area contributed by atoms with E-state index in [4.69, 9.17) is 0 Å². The van der Waals surface area contributed by atoms with Crippen molar-refractivity contribution in [2.24, 2.45) is 0 Å². The van der Waals surface area contributed by atoms with Crippen molar-refractivity contribution in [1.29, 1.82) is 0 Å². The summed E-state index contributed by atoms with van der Waals surface area (Å²) in [6.45, 7) is 0.177. The van der Waals surface area contributed by atoms with Crippen molar-refractivity contribution in [3.8, 4) is 0 Å². The van der Waals surface area contributed by atoms with Gasteiger partial charge >= 0.3 is 18.5 Å². The maximum absolute atomic E-state index is 13.5. The summed E-state index contributed by atoms with van der Waals surface area (Å²) in [6.07, 6.45) is -14.0. The van der Waals surface area contributed by atoms with E-state index in [0.717, 1.165) is 30.3 Å². The van der Waals surface area contributed by atoms with Crippen LogP contribution in [0.2, 0.25) is 0 Å². The van der Waals surface area contributed by atoms with Crippen LogP contribution in [0.3, 0.4) is 0 Å². The SMILES string of the molecule is CC(CF)NC(=O)c1ccc(C=CC(=O)NC(c2cccc(C(F)(F)F)c2)C(F)(F)F)cc1C(F)(F)F. The Hall–Kier alpha value is -3.58.